The van der Waals surface area contributed by atoms with E-state index in [1.165, 1.54) is 25.3 Å². The smallest absolute Gasteiger partial charge is 0.264 e. The van der Waals surface area contributed by atoms with Crippen LogP contribution in [0.3, 0.4) is 0 Å². The molecule has 19 heavy (non-hydrogen) atoms. The standard InChI is InChI=1S/C10H14ClNO5S2/c1-3-6-18(13,14)12-8-4-5-10(19(11,15)16)9(7-8)17-2/h4-5,7,12H,3,6H2,1-2H3. The highest BCUT2D eigenvalue weighted by molar-refractivity contribution is 8.13. The minimum Gasteiger partial charge on any atom is -0.495 e. The van der Waals surface area contributed by atoms with Gasteiger partial charge in [-0.15, -0.1) is 0 Å². The van der Waals surface area contributed by atoms with Gasteiger partial charge in [-0.25, -0.2) is 16.8 Å². The average molecular weight is 328 g/mol. The maximum Gasteiger partial charge on any atom is 0.264 e. The summed E-state index contributed by atoms with van der Waals surface area (Å²) in [6.07, 6.45) is 0.473. The third-order valence-corrected chi connectivity index (χ3v) is 5.03. The molecule has 0 amide bonds. The summed E-state index contributed by atoms with van der Waals surface area (Å²) in [6.45, 7) is 1.74. The summed E-state index contributed by atoms with van der Waals surface area (Å²) in [5, 5.41) is 0. The number of hydrogen-bond donors (Lipinski definition) is 1. The average Bonchev–Trinajstić information content (AvgIpc) is 2.26. The zero-order valence-electron chi connectivity index (χ0n) is 10.4. The molecule has 6 nitrogen and oxygen atoms in total. The highest BCUT2D eigenvalue weighted by Crippen LogP contribution is 2.30. The molecule has 1 rings (SSSR count). The van der Waals surface area contributed by atoms with Crippen LogP contribution in [0.15, 0.2) is 23.1 Å². The molecule has 1 aromatic rings. The molecule has 0 bridgehead atoms. The summed E-state index contributed by atoms with van der Waals surface area (Å²) in [4.78, 5) is -0.213. The topological polar surface area (TPSA) is 89.5 Å². The molecule has 9 heteroatoms. The number of benzene rings is 1. The summed E-state index contributed by atoms with van der Waals surface area (Å²) in [5.41, 5.74) is 0.217. The zero-order valence-corrected chi connectivity index (χ0v) is 12.8. The van der Waals surface area contributed by atoms with Gasteiger partial charge in [0, 0.05) is 16.7 Å². The Bertz CT molecular complexity index is 654. The molecule has 108 valence electrons. The fourth-order valence-corrected chi connectivity index (χ4v) is 3.55. The highest BCUT2D eigenvalue weighted by atomic mass is 35.7. The molecular formula is C10H14ClNO5S2. The lowest BCUT2D eigenvalue weighted by Gasteiger charge is -2.10. The fraction of sp³-hybridized carbons (Fsp3) is 0.400. The highest BCUT2D eigenvalue weighted by Gasteiger charge is 2.18. The van der Waals surface area contributed by atoms with Crippen LogP contribution in [0, 0.1) is 0 Å². The normalized spacial score (nSPS) is 12.2. The second-order valence-electron chi connectivity index (χ2n) is 3.72. The van der Waals surface area contributed by atoms with Crippen LogP contribution in [0.2, 0.25) is 0 Å². The van der Waals surface area contributed by atoms with Gasteiger partial charge in [-0.3, -0.25) is 4.72 Å². The van der Waals surface area contributed by atoms with Gasteiger partial charge in [0.25, 0.3) is 9.05 Å². The fourth-order valence-electron chi connectivity index (χ4n) is 1.43. The molecule has 0 spiro atoms. The molecule has 1 N–H and O–H groups in total. The predicted octanol–water partition coefficient (Wildman–Crippen LogP) is 1.77. The lowest BCUT2D eigenvalue weighted by molar-refractivity contribution is 0.403. The van der Waals surface area contributed by atoms with Gasteiger partial charge >= 0.3 is 0 Å². The molecule has 0 aliphatic heterocycles. The van der Waals surface area contributed by atoms with Crippen molar-refractivity contribution in [2.75, 3.05) is 17.6 Å². The number of nitrogens with one attached hydrogen (secondary N) is 1. The number of methoxy groups -OCH3 is 1. The number of ether oxygens (including phenoxy) is 1. The number of rotatable bonds is 6. The van der Waals surface area contributed by atoms with E-state index in [9.17, 15) is 16.8 Å². The summed E-state index contributed by atoms with van der Waals surface area (Å²) in [6, 6.07) is 3.76. The Morgan fingerprint density at radius 1 is 1.26 bits per heavy atom. The molecule has 0 atom stereocenters. The van der Waals surface area contributed by atoms with Crippen molar-refractivity contribution in [2.45, 2.75) is 18.2 Å². The zero-order chi connectivity index (χ0) is 14.7. The molecule has 0 radical (unpaired) electrons. The van der Waals surface area contributed by atoms with Crippen molar-refractivity contribution >= 4 is 35.4 Å². The lowest BCUT2D eigenvalue weighted by atomic mass is 10.3. The second-order valence-corrected chi connectivity index (χ2v) is 8.10. The molecule has 1 aromatic carbocycles. The Hall–Kier alpha value is -0.990. The molecule has 0 aromatic heterocycles. The first-order valence-corrected chi connectivity index (χ1v) is 9.29. The summed E-state index contributed by atoms with van der Waals surface area (Å²) >= 11 is 0. The van der Waals surface area contributed by atoms with Crippen LogP contribution in [0.5, 0.6) is 5.75 Å². The first-order chi connectivity index (χ1) is 8.69. The van der Waals surface area contributed by atoms with Crippen LogP contribution in [0.1, 0.15) is 13.3 Å². The summed E-state index contributed by atoms with van der Waals surface area (Å²) in [7, 11) is -0.892. The maximum atomic E-state index is 11.6. The van der Waals surface area contributed by atoms with Gasteiger partial charge in [-0.1, -0.05) is 6.92 Å². The van der Waals surface area contributed by atoms with E-state index in [1.807, 2.05) is 0 Å². The van der Waals surface area contributed by atoms with Crippen LogP contribution < -0.4 is 9.46 Å². The van der Waals surface area contributed by atoms with Gasteiger partial charge in [-0.05, 0) is 18.6 Å². The number of halogens is 1. The third kappa shape index (κ3) is 4.55. The number of sulfonamides is 1. The Morgan fingerprint density at radius 2 is 1.89 bits per heavy atom. The molecule has 0 fully saturated rings. The Labute approximate surface area is 117 Å². The van der Waals surface area contributed by atoms with Crippen molar-refractivity contribution in [3.63, 3.8) is 0 Å². The largest absolute Gasteiger partial charge is 0.495 e. The SMILES string of the molecule is CCCS(=O)(=O)Nc1ccc(S(=O)(=O)Cl)c(OC)c1. The van der Waals surface area contributed by atoms with Crippen LogP contribution in [0.4, 0.5) is 5.69 Å². The van der Waals surface area contributed by atoms with Gasteiger partial charge in [-0.2, -0.15) is 0 Å². The first kappa shape index (κ1) is 16.1. The van der Waals surface area contributed by atoms with Crippen LogP contribution in [-0.2, 0) is 19.1 Å². The van der Waals surface area contributed by atoms with Gasteiger partial charge in [0.1, 0.15) is 10.6 Å². The monoisotopic (exact) mass is 327 g/mol. The van der Waals surface area contributed by atoms with E-state index in [-0.39, 0.29) is 22.1 Å². The minimum atomic E-state index is -3.95. The van der Waals surface area contributed by atoms with Gasteiger partial charge in [0.2, 0.25) is 10.0 Å². The van der Waals surface area contributed by atoms with E-state index in [0.717, 1.165) is 0 Å². The summed E-state index contributed by atoms with van der Waals surface area (Å²) in [5.74, 6) is -0.0445. The molecule has 0 aliphatic carbocycles. The third-order valence-electron chi connectivity index (χ3n) is 2.17. The summed E-state index contributed by atoms with van der Waals surface area (Å²) < 4.78 is 52.9. The van der Waals surface area contributed by atoms with Crippen molar-refractivity contribution in [3.05, 3.63) is 18.2 Å². The molecule has 0 heterocycles. The molecule has 0 saturated heterocycles. The minimum absolute atomic E-state index is 0.0216. The van der Waals surface area contributed by atoms with Crippen molar-refractivity contribution in [1.82, 2.24) is 0 Å². The molecule has 0 saturated carbocycles. The number of anilines is 1. The molecule has 0 aliphatic rings. The second kappa shape index (κ2) is 5.98. The van der Waals surface area contributed by atoms with Crippen LogP contribution in [0.25, 0.3) is 0 Å². The van der Waals surface area contributed by atoms with E-state index >= 15 is 0 Å². The predicted molar refractivity (Wildman–Crippen MR) is 73.7 cm³/mol. The Balaban J connectivity index is 3.15. The van der Waals surface area contributed by atoms with Gasteiger partial charge in [0.05, 0.1) is 18.6 Å². The molecule has 0 unspecified atom stereocenters. The Morgan fingerprint density at radius 3 is 2.37 bits per heavy atom. The van der Waals surface area contributed by atoms with E-state index in [4.69, 9.17) is 15.4 Å². The van der Waals surface area contributed by atoms with E-state index in [1.54, 1.807) is 6.92 Å². The van der Waals surface area contributed by atoms with E-state index in [2.05, 4.69) is 4.72 Å². The Kier molecular flexibility index (Phi) is 5.05. The van der Waals surface area contributed by atoms with E-state index < -0.39 is 19.1 Å². The van der Waals surface area contributed by atoms with Crippen LogP contribution >= 0.6 is 10.7 Å². The quantitative estimate of drug-likeness (QED) is 0.804. The first-order valence-electron chi connectivity index (χ1n) is 5.33. The van der Waals surface area contributed by atoms with Crippen molar-refractivity contribution in [2.24, 2.45) is 0 Å². The number of hydrogen-bond acceptors (Lipinski definition) is 5. The molecular weight excluding hydrogens is 314 g/mol. The van der Waals surface area contributed by atoms with Crippen molar-refractivity contribution < 1.29 is 21.6 Å². The van der Waals surface area contributed by atoms with Crippen molar-refractivity contribution in [3.8, 4) is 5.75 Å². The maximum absolute atomic E-state index is 11.6. The lowest BCUT2D eigenvalue weighted by Crippen LogP contribution is -2.16. The van der Waals surface area contributed by atoms with Crippen molar-refractivity contribution in [1.29, 1.82) is 0 Å². The van der Waals surface area contributed by atoms with E-state index in [0.29, 0.717) is 6.42 Å². The van der Waals surface area contributed by atoms with Gasteiger partial charge < -0.3 is 4.74 Å². The van der Waals surface area contributed by atoms with Gasteiger partial charge in [0.15, 0.2) is 0 Å². The van der Waals surface area contributed by atoms with Crippen LogP contribution in [-0.4, -0.2) is 29.7 Å².